The van der Waals surface area contributed by atoms with Crippen molar-refractivity contribution in [3.05, 3.63) is 28.4 Å². The number of rotatable bonds is 2. The van der Waals surface area contributed by atoms with Gasteiger partial charge in [0, 0.05) is 0 Å². The first-order valence-corrected chi connectivity index (χ1v) is 10.2. The van der Waals surface area contributed by atoms with E-state index < -0.39 is 6.68 Å². The third kappa shape index (κ3) is 2.72. The van der Waals surface area contributed by atoms with Crippen LogP contribution in [0.3, 0.4) is 0 Å². The Morgan fingerprint density at radius 3 is 2.50 bits per heavy atom. The van der Waals surface area contributed by atoms with Crippen molar-refractivity contribution < 1.29 is 0 Å². The molecule has 0 saturated carbocycles. The van der Waals surface area contributed by atoms with E-state index in [-0.39, 0.29) is 0 Å². The standard InChI is InChI=1S/C8H12SeSi/c1-10(2,3)9-8-6-4-5-7-8/h4-6H,1-3H3. The molecule has 0 N–H and O–H groups in total. The van der Waals surface area contributed by atoms with Crippen LogP contribution in [0.4, 0.5) is 0 Å². The molecule has 0 fully saturated rings. The van der Waals surface area contributed by atoms with Crippen LogP contribution in [-0.2, 0) is 0 Å². The molecular formula is C8H12SeSi. The molecule has 54 valence electrons. The first-order chi connectivity index (χ1) is 4.58. The molecule has 0 aliphatic heterocycles. The fourth-order valence-electron chi connectivity index (χ4n) is 0.707. The second-order valence-electron chi connectivity index (χ2n) is 3.25. The van der Waals surface area contributed by atoms with Crippen molar-refractivity contribution in [2.45, 2.75) is 19.6 Å². The average molecular weight is 215 g/mol. The summed E-state index contributed by atoms with van der Waals surface area (Å²) < 4.78 is 1.45. The zero-order valence-corrected chi connectivity index (χ0v) is 9.35. The van der Waals surface area contributed by atoms with Crippen LogP contribution < -0.4 is 0 Å². The van der Waals surface area contributed by atoms with Gasteiger partial charge in [-0.25, -0.2) is 0 Å². The maximum absolute atomic E-state index is 3.26. The second kappa shape index (κ2) is 2.94. The number of hydrogen-bond donors (Lipinski definition) is 0. The van der Waals surface area contributed by atoms with Crippen molar-refractivity contribution >= 4 is 21.0 Å². The molecule has 0 aromatic carbocycles. The third-order valence-electron chi connectivity index (χ3n) is 0.986. The maximum atomic E-state index is 3.26. The van der Waals surface area contributed by atoms with E-state index in [2.05, 4.69) is 37.5 Å². The van der Waals surface area contributed by atoms with Crippen molar-refractivity contribution in [2.75, 3.05) is 0 Å². The monoisotopic (exact) mass is 216 g/mol. The van der Waals surface area contributed by atoms with E-state index in [9.17, 15) is 0 Å². The molecular weight excluding hydrogens is 203 g/mol. The first kappa shape index (κ1) is 8.10. The van der Waals surface area contributed by atoms with Gasteiger partial charge in [-0.1, -0.05) is 0 Å². The molecule has 1 rings (SSSR count). The topological polar surface area (TPSA) is 0 Å². The van der Waals surface area contributed by atoms with Crippen LogP contribution in [-0.4, -0.2) is 21.0 Å². The van der Waals surface area contributed by atoms with Gasteiger partial charge in [-0.3, -0.25) is 0 Å². The molecule has 10 heavy (non-hydrogen) atoms. The summed E-state index contributed by atoms with van der Waals surface area (Å²) >= 11 is 0.719. The molecule has 0 bridgehead atoms. The van der Waals surface area contributed by atoms with Crippen LogP contribution in [0.1, 0.15) is 0 Å². The van der Waals surface area contributed by atoms with Crippen molar-refractivity contribution in [1.82, 2.24) is 0 Å². The SMILES string of the molecule is C[Si](C)(C)[Se]C1=C=CC=C1. The van der Waals surface area contributed by atoms with Gasteiger partial charge in [-0.05, 0) is 0 Å². The molecule has 0 unspecified atom stereocenters. The van der Waals surface area contributed by atoms with Crippen LogP contribution in [0.5, 0.6) is 0 Å². The Labute approximate surface area is 69.3 Å². The van der Waals surface area contributed by atoms with E-state index in [1.807, 2.05) is 6.08 Å². The average Bonchev–Trinajstić information content (AvgIpc) is 2.12. The predicted molar refractivity (Wildman–Crippen MR) is 49.8 cm³/mol. The summed E-state index contributed by atoms with van der Waals surface area (Å²) in [5, 5.41) is 0. The van der Waals surface area contributed by atoms with Crippen LogP contribution in [0.15, 0.2) is 28.4 Å². The van der Waals surface area contributed by atoms with Crippen LogP contribution in [0.2, 0.25) is 19.6 Å². The minimum atomic E-state index is -0.831. The third-order valence-corrected chi connectivity index (χ3v) is 7.59. The summed E-state index contributed by atoms with van der Waals surface area (Å²) in [5.74, 6) is 0. The second-order valence-corrected chi connectivity index (χ2v) is 17.6. The Hall–Kier alpha value is -0.00364. The van der Waals surface area contributed by atoms with Crippen molar-refractivity contribution in [3.63, 3.8) is 0 Å². The Morgan fingerprint density at radius 1 is 1.40 bits per heavy atom. The fourth-order valence-corrected chi connectivity index (χ4v) is 6.75. The van der Waals surface area contributed by atoms with Gasteiger partial charge >= 0.3 is 69.1 Å². The van der Waals surface area contributed by atoms with Gasteiger partial charge in [-0.2, -0.15) is 0 Å². The van der Waals surface area contributed by atoms with Gasteiger partial charge in [-0.15, -0.1) is 0 Å². The molecule has 0 aromatic rings. The molecule has 0 amide bonds. The Kier molecular flexibility index (Phi) is 2.38. The van der Waals surface area contributed by atoms with E-state index in [0.29, 0.717) is 0 Å². The Balaban J connectivity index is 2.56. The summed E-state index contributed by atoms with van der Waals surface area (Å²) in [5.41, 5.74) is 3.26. The van der Waals surface area contributed by atoms with Crippen molar-refractivity contribution in [3.8, 4) is 0 Å². The summed E-state index contributed by atoms with van der Waals surface area (Å²) in [4.78, 5) is 0. The van der Waals surface area contributed by atoms with E-state index >= 15 is 0 Å². The van der Waals surface area contributed by atoms with Crippen LogP contribution >= 0.6 is 0 Å². The molecule has 0 heterocycles. The number of allylic oxidation sites excluding steroid dienone is 3. The van der Waals surface area contributed by atoms with Gasteiger partial charge in [0.2, 0.25) is 0 Å². The van der Waals surface area contributed by atoms with Gasteiger partial charge in [0.05, 0.1) is 0 Å². The predicted octanol–water partition coefficient (Wildman–Crippen LogP) is 2.13. The van der Waals surface area contributed by atoms with E-state index in [1.54, 1.807) is 0 Å². The number of hydrogen-bond acceptors (Lipinski definition) is 0. The molecule has 2 heteroatoms. The molecule has 0 saturated heterocycles. The summed E-state index contributed by atoms with van der Waals surface area (Å²) in [6.07, 6.45) is 6.28. The Morgan fingerprint density at radius 2 is 2.10 bits per heavy atom. The quantitative estimate of drug-likeness (QED) is 0.489. The van der Waals surface area contributed by atoms with Crippen LogP contribution in [0.25, 0.3) is 0 Å². The van der Waals surface area contributed by atoms with Crippen LogP contribution in [0, 0.1) is 0 Å². The van der Waals surface area contributed by atoms with Gasteiger partial charge in [0.25, 0.3) is 0 Å². The van der Waals surface area contributed by atoms with Gasteiger partial charge in [0.15, 0.2) is 0 Å². The summed E-state index contributed by atoms with van der Waals surface area (Å²) in [7, 11) is 0. The molecule has 0 radical (unpaired) electrons. The fraction of sp³-hybridized carbons (Fsp3) is 0.375. The van der Waals surface area contributed by atoms with Gasteiger partial charge < -0.3 is 0 Å². The van der Waals surface area contributed by atoms with E-state index in [4.69, 9.17) is 0 Å². The van der Waals surface area contributed by atoms with Crippen molar-refractivity contribution in [2.24, 2.45) is 0 Å². The zero-order valence-electron chi connectivity index (χ0n) is 6.64. The molecule has 1 aliphatic rings. The first-order valence-electron chi connectivity index (χ1n) is 3.40. The normalized spacial score (nSPS) is 16.1. The molecule has 0 spiro atoms. The van der Waals surface area contributed by atoms with Gasteiger partial charge in [0.1, 0.15) is 0 Å². The molecule has 0 atom stereocenters. The zero-order chi connectivity index (χ0) is 7.61. The minimum absolute atomic E-state index is 0.719. The molecule has 0 aromatic heterocycles. The summed E-state index contributed by atoms with van der Waals surface area (Å²) in [6.45, 7) is 6.40. The molecule has 0 nitrogen and oxygen atoms in total. The molecule has 1 aliphatic carbocycles. The van der Waals surface area contributed by atoms with E-state index in [0.717, 1.165) is 14.3 Å². The summed E-state index contributed by atoms with van der Waals surface area (Å²) in [6, 6.07) is 0. The Bertz CT molecular complexity index is 214. The van der Waals surface area contributed by atoms with Crippen molar-refractivity contribution in [1.29, 1.82) is 0 Å². The van der Waals surface area contributed by atoms with E-state index in [1.165, 1.54) is 4.47 Å².